The highest BCUT2D eigenvalue weighted by Crippen LogP contribution is 2.30. The van der Waals surface area contributed by atoms with Crippen molar-refractivity contribution in [3.63, 3.8) is 0 Å². The first-order chi connectivity index (χ1) is 15.4. The first-order valence-corrected chi connectivity index (χ1v) is 12.0. The van der Waals surface area contributed by atoms with Crippen LogP contribution in [0.5, 0.6) is 0 Å². The number of hydrogen-bond donors (Lipinski definition) is 3. The Kier molecular flexibility index (Phi) is 7.28. The first-order valence-electron chi connectivity index (χ1n) is 12.0. The standard InChI is InChI=1S/C25H37N5O2/c1-16-8-9-18-13-21(25(32)27-17(2)26)24(29-23(18)12-16)30-11-10-22(19(14-30)15-31)28-20-6-4-3-5-7-20/h8-9,12-13,17,19-20,22,28,31H,3-7,10-11,14-15,26H2,1-2H3,(H,27,32)/p+1. The van der Waals surface area contributed by atoms with Gasteiger partial charge in [-0.2, -0.15) is 4.99 Å². The van der Waals surface area contributed by atoms with Crippen molar-refractivity contribution in [3.05, 3.63) is 35.4 Å². The van der Waals surface area contributed by atoms with Crippen LogP contribution in [0, 0.1) is 12.8 Å². The van der Waals surface area contributed by atoms with E-state index in [1.54, 1.807) is 6.92 Å². The average molecular weight is 441 g/mol. The normalized spacial score (nSPS) is 24.1. The molecule has 7 nitrogen and oxygen atoms in total. The van der Waals surface area contributed by atoms with Crippen molar-refractivity contribution in [2.75, 3.05) is 24.6 Å². The van der Waals surface area contributed by atoms with Gasteiger partial charge in [0.1, 0.15) is 17.5 Å². The van der Waals surface area contributed by atoms with Gasteiger partial charge in [0.2, 0.25) is 0 Å². The summed E-state index contributed by atoms with van der Waals surface area (Å²) >= 11 is 0. The summed E-state index contributed by atoms with van der Waals surface area (Å²) in [6, 6.07) is 9.08. The number of hydrogen-bond acceptors (Lipinski definition) is 6. The van der Waals surface area contributed by atoms with E-state index in [1.807, 2.05) is 12.1 Å². The molecule has 3 atom stereocenters. The van der Waals surface area contributed by atoms with Crippen LogP contribution >= 0.6 is 0 Å². The summed E-state index contributed by atoms with van der Waals surface area (Å²) in [5, 5.41) is 23.6. The van der Waals surface area contributed by atoms with Crippen LogP contribution in [0.2, 0.25) is 0 Å². The lowest BCUT2D eigenvalue weighted by Crippen LogP contribution is -2.54. The third kappa shape index (κ3) is 5.22. The fourth-order valence-electron chi connectivity index (χ4n) is 5.16. The number of piperidine rings is 1. The molecular formula is C25H38N5O2+. The van der Waals surface area contributed by atoms with E-state index in [0.717, 1.165) is 35.2 Å². The Morgan fingerprint density at radius 1 is 1.28 bits per heavy atom. The molecule has 0 amide bonds. The topological polar surface area (TPSA) is 110 Å². The number of aliphatic imine (C=N–C) groups is 1. The van der Waals surface area contributed by atoms with Crippen molar-refractivity contribution in [1.29, 1.82) is 0 Å². The van der Waals surface area contributed by atoms with Gasteiger partial charge in [-0.3, -0.25) is 0 Å². The van der Waals surface area contributed by atoms with Gasteiger partial charge in [-0.1, -0.05) is 31.4 Å². The van der Waals surface area contributed by atoms with Gasteiger partial charge in [-0.05, 0) is 50.8 Å². The van der Waals surface area contributed by atoms with Gasteiger partial charge in [0.05, 0.1) is 5.52 Å². The molecule has 1 saturated carbocycles. The lowest BCUT2D eigenvalue weighted by Gasteiger charge is -2.41. The van der Waals surface area contributed by atoms with E-state index in [2.05, 4.69) is 34.3 Å². The summed E-state index contributed by atoms with van der Waals surface area (Å²) in [5.41, 5.74) is 8.63. The second-order valence-corrected chi connectivity index (χ2v) is 9.56. The molecule has 0 bridgehead atoms. The fourth-order valence-corrected chi connectivity index (χ4v) is 5.16. The summed E-state index contributed by atoms with van der Waals surface area (Å²) in [7, 11) is 0. The van der Waals surface area contributed by atoms with Crippen molar-refractivity contribution in [1.82, 2.24) is 10.3 Å². The quantitative estimate of drug-likeness (QED) is 0.363. The molecule has 2 heterocycles. The Hall–Kier alpha value is -2.22. The second-order valence-electron chi connectivity index (χ2n) is 9.56. The summed E-state index contributed by atoms with van der Waals surface area (Å²) < 4.78 is 0. The van der Waals surface area contributed by atoms with Gasteiger partial charge in [0.25, 0.3) is 0 Å². The van der Waals surface area contributed by atoms with E-state index in [-0.39, 0.29) is 18.4 Å². The van der Waals surface area contributed by atoms with Crippen molar-refractivity contribution in [2.45, 2.75) is 70.6 Å². The number of benzene rings is 1. The molecule has 1 saturated heterocycles. The molecule has 2 fully saturated rings. The van der Waals surface area contributed by atoms with Crippen molar-refractivity contribution in [3.8, 4) is 0 Å². The van der Waals surface area contributed by atoms with Crippen LogP contribution in [0.1, 0.15) is 56.6 Å². The fraction of sp³-hybridized carbons (Fsp3) is 0.600. The number of pyridine rings is 1. The third-order valence-electron chi connectivity index (χ3n) is 6.86. The predicted molar refractivity (Wildman–Crippen MR) is 131 cm³/mol. The molecule has 2 aromatic rings. The minimum Gasteiger partial charge on any atom is -0.578 e. The zero-order chi connectivity index (χ0) is 22.7. The van der Waals surface area contributed by atoms with Gasteiger partial charge >= 0.3 is 5.90 Å². The smallest absolute Gasteiger partial charge is 0.365 e. The number of aryl methyl sites for hydroxylation is 1. The number of aliphatic hydroxyl groups excluding tert-OH is 1. The van der Waals surface area contributed by atoms with E-state index in [4.69, 9.17) is 15.8 Å². The Labute approximate surface area is 190 Å². The monoisotopic (exact) mass is 440 g/mol. The van der Waals surface area contributed by atoms with Crippen molar-refractivity contribution < 1.29 is 10.2 Å². The molecule has 1 aromatic carbocycles. The van der Waals surface area contributed by atoms with Gasteiger partial charge in [-0.15, -0.1) is 0 Å². The maximum atomic E-state index is 10.2. The number of aliphatic hydroxyl groups is 1. The number of rotatable bonds is 6. The zero-order valence-electron chi connectivity index (χ0n) is 19.3. The second kappa shape index (κ2) is 10.1. The van der Waals surface area contributed by atoms with Crippen LogP contribution < -0.4 is 16.0 Å². The van der Waals surface area contributed by atoms with E-state index >= 15 is 0 Å². The Bertz CT molecular complexity index is 955. The molecule has 1 aliphatic carbocycles. The van der Waals surface area contributed by atoms with Crippen LogP contribution in [0.3, 0.4) is 0 Å². The average Bonchev–Trinajstić information content (AvgIpc) is 2.78. The lowest BCUT2D eigenvalue weighted by molar-refractivity contribution is 0.160. The Morgan fingerprint density at radius 2 is 2.06 bits per heavy atom. The van der Waals surface area contributed by atoms with Crippen LogP contribution in [-0.2, 0) is 0 Å². The summed E-state index contributed by atoms with van der Waals surface area (Å²) in [4.78, 5) is 11.5. The molecule has 174 valence electrons. The highest BCUT2D eigenvalue weighted by Gasteiger charge is 2.33. The Morgan fingerprint density at radius 3 is 2.78 bits per heavy atom. The molecule has 1 aromatic heterocycles. The molecule has 0 radical (unpaired) electrons. The summed E-state index contributed by atoms with van der Waals surface area (Å²) in [6.45, 7) is 5.53. The van der Waals surface area contributed by atoms with Gasteiger partial charge in [0, 0.05) is 43.1 Å². The van der Waals surface area contributed by atoms with Crippen LogP contribution in [-0.4, -0.2) is 59.0 Å². The van der Waals surface area contributed by atoms with E-state index in [9.17, 15) is 5.11 Å². The number of aromatic nitrogens is 1. The van der Waals surface area contributed by atoms with Gasteiger partial charge in [-0.25, -0.2) is 4.98 Å². The van der Waals surface area contributed by atoms with E-state index in [1.165, 1.54) is 32.1 Å². The third-order valence-corrected chi connectivity index (χ3v) is 6.86. The molecule has 0 spiro atoms. The first kappa shape index (κ1) is 23.0. The molecule has 2 aliphatic rings. The van der Waals surface area contributed by atoms with Crippen LogP contribution in [0.4, 0.5) is 5.82 Å². The van der Waals surface area contributed by atoms with Crippen LogP contribution in [0.25, 0.3) is 10.9 Å². The van der Waals surface area contributed by atoms with E-state index in [0.29, 0.717) is 24.2 Å². The Balaban J connectivity index is 1.62. The number of anilines is 1. The predicted octanol–water partition coefficient (Wildman–Crippen LogP) is 2.43. The van der Waals surface area contributed by atoms with Crippen LogP contribution in [0.15, 0.2) is 29.3 Å². The SMILES string of the molecule is Cc1ccc2cc(/C([OH2+])=N/C(C)N)c(N3CCC(NC4CCCCC4)C(CO)C3)nc2c1. The summed E-state index contributed by atoms with van der Waals surface area (Å²) in [6.07, 6.45) is 6.93. The molecule has 4 rings (SSSR count). The van der Waals surface area contributed by atoms with Gasteiger partial charge < -0.3 is 26.2 Å². The zero-order valence-corrected chi connectivity index (χ0v) is 19.3. The summed E-state index contributed by atoms with van der Waals surface area (Å²) in [5.74, 6) is 1.06. The number of nitrogens with one attached hydrogen (secondary N) is 1. The highest BCUT2D eigenvalue weighted by molar-refractivity contribution is 6.01. The minimum absolute atomic E-state index is 0.132. The van der Waals surface area contributed by atoms with Gasteiger partial charge in [0.15, 0.2) is 0 Å². The maximum absolute atomic E-state index is 10.2. The number of nitrogens with two attached hydrogens (primary N) is 1. The molecule has 32 heavy (non-hydrogen) atoms. The minimum atomic E-state index is -0.445. The molecule has 6 N–H and O–H groups in total. The van der Waals surface area contributed by atoms with Crippen molar-refractivity contribution in [2.24, 2.45) is 16.6 Å². The molecule has 7 heteroatoms. The number of fused-ring (bicyclic) bond motifs is 1. The lowest BCUT2D eigenvalue weighted by atomic mass is 9.89. The van der Waals surface area contributed by atoms with E-state index < -0.39 is 6.17 Å². The molecular weight excluding hydrogens is 402 g/mol. The van der Waals surface area contributed by atoms with Crippen molar-refractivity contribution >= 4 is 22.6 Å². The number of nitrogens with zero attached hydrogens (tertiary/aromatic N) is 3. The largest absolute Gasteiger partial charge is 0.578 e. The molecule has 1 aliphatic heterocycles. The molecule has 3 unspecified atom stereocenters. The highest BCUT2D eigenvalue weighted by atomic mass is 16.3. The maximum Gasteiger partial charge on any atom is 0.365 e.